The molecule has 1 amide bonds. The smallest absolute Gasteiger partial charge is 0.247 e. The van der Waals surface area contributed by atoms with E-state index in [0.717, 1.165) is 24.5 Å². The molecular weight excluding hydrogens is 238 g/mol. The first-order chi connectivity index (χ1) is 9.33. The summed E-state index contributed by atoms with van der Waals surface area (Å²) >= 11 is 0. The first-order valence-electron chi connectivity index (χ1n) is 6.42. The Morgan fingerprint density at radius 1 is 1.16 bits per heavy atom. The van der Waals surface area contributed by atoms with Crippen molar-refractivity contribution in [2.24, 2.45) is 0 Å². The number of hydrogen-bond donors (Lipinski definition) is 1. The van der Waals surface area contributed by atoms with Crippen LogP contribution in [0.25, 0.3) is 0 Å². The molecule has 0 saturated heterocycles. The maximum absolute atomic E-state index is 12.2. The van der Waals surface area contributed by atoms with Crippen LogP contribution in [-0.2, 0) is 17.8 Å². The Labute approximate surface area is 111 Å². The van der Waals surface area contributed by atoms with Crippen LogP contribution in [-0.4, -0.2) is 16.9 Å². The third-order valence-corrected chi connectivity index (χ3v) is 3.87. The molecular formula is C15H13N3O. The Hall–Kier alpha value is -2.36. The van der Waals surface area contributed by atoms with Crippen molar-refractivity contribution in [1.29, 1.82) is 0 Å². The highest BCUT2D eigenvalue weighted by molar-refractivity contribution is 6.03. The second-order valence-electron chi connectivity index (χ2n) is 4.98. The standard InChI is InChI=1S/C15H13N3O/c19-15-13-8-10-4-1-2-5-11(10)9-18(13)14-12(17-15)6-3-7-16-14/h1-7,13H,8-9H2,(H,17,19). The molecule has 0 bridgehead atoms. The van der Waals surface area contributed by atoms with E-state index in [1.807, 2.05) is 24.3 Å². The van der Waals surface area contributed by atoms with Gasteiger partial charge in [-0.3, -0.25) is 4.79 Å². The van der Waals surface area contributed by atoms with Gasteiger partial charge in [-0.05, 0) is 23.3 Å². The number of nitrogens with one attached hydrogen (secondary N) is 1. The van der Waals surface area contributed by atoms with E-state index < -0.39 is 0 Å². The van der Waals surface area contributed by atoms with E-state index in [1.165, 1.54) is 11.1 Å². The molecule has 0 radical (unpaired) electrons. The van der Waals surface area contributed by atoms with Crippen LogP contribution < -0.4 is 10.2 Å². The van der Waals surface area contributed by atoms with Crippen LogP contribution >= 0.6 is 0 Å². The Kier molecular flexibility index (Phi) is 2.12. The molecule has 0 fully saturated rings. The third-order valence-electron chi connectivity index (χ3n) is 3.87. The molecule has 1 aromatic carbocycles. The van der Waals surface area contributed by atoms with Crippen molar-refractivity contribution in [3.63, 3.8) is 0 Å². The summed E-state index contributed by atoms with van der Waals surface area (Å²) < 4.78 is 0. The molecule has 3 heterocycles. The molecule has 0 spiro atoms. The minimum absolute atomic E-state index is 0.0648. The maximum atomic E-state index is 12.2. The number of fused-ring (bicyclic) bond motifs is 4. The molecule has 4 heteroatoms. The number of rotatable bonds is 0. The lowest BCUT2D eigenvalue weighted by Crippen LogP contribution is -2.51. The molecule has 2 aromatic rings. The topological polar surface area (TPSA) is 45.2 Å². The summed E-state index contributed by atoms with van der Waals surface area (Å²) in [5, 5.41) is 2.95. The normalized spacial score (nSPS) is 20.1. The molecule has 0 aliphatic carbocycles. The van der Waals surface area contributed by atoms with Gasteiger partial charge in [0.15, 0.2) is 5.82 Å². The average molecular weight is 251 g/mol. The van der Waals surface area contributed by atoms with Gasteiger partial charge in [0.25, 0.3) is 0 Å². The molecule has 1 atom stereocenters. The highest BCUT2D eigenvalue weighted by atomic mass is 16.2. The highest BCUT2D eigenvalue weighted by Gasteiger charge is 2.37. The molecule has 1 aromatic heterocycles. The molecule has 2 aliphatic rings. The van der Waals surface area contributed by atoms with Crippen molar-refractivity contribution < 1.29 is 4.79 Å². The van der Waals surface area contributed by atoms with E-state index in [2.05, 4.69) is 27.3 Å². The van der Waals surface area contributed by atoms with Gasteiger partial charge in [0.1, 0.15) is 6.04 Å². The molecule has 4 rings (SSSR count). The fraction of sp³-hybridized carbons (Fsp3) is 0.200. The number of benzene rings is 1. The number of aromatic nitrogens is 1. The van der Waals surface area contributed by atoms with Crippen LogP contribution in [0, 0.1) is 0 Å². The van der Waals surface area contributed by atoms with Crippen LogP contribution in [0.15, 0.2) is 42.6 Å². The fourth-order valence-electron chi connectivity index (χ4n) is 2.92. The number of nitrogens with zero attached hydrogens (tertiary/aromatic N) is 2. The Balaban J connectivity index is 1.84. The zero-order chi connectivity index (χ0) is 12.8. The average Bonchev–Trinajstić information content (AvgIpc) is 2.46. The van der Waals surface area contributed by atoms with E-state index in [-0.39, 0.29) is 11.9 Å². The van der Waals surface area contributed by atoms with Gasteiger partial charge in [-0.2, -0.15) is 0 Å². The van der Waals surface area contributed by atoms with Crippen LogP contribution in [0.5, 0.6) is 0 Å². The minimum Gasteiger partial charge on any atom is -0.338 e. The molecule has 19 heavy (non-hydrogen) atoms. The summed E-state index contributed by atoms with van der Waals surface area (Å²) in [5.74, 6) is 0.941. The van der Waals surface area contributed by atoms with Gasteiger partial charge in [-0.25, -0.2) is 4.98 Å². The molecule has 2 aliphatic heterocycles. The zero-order valence-electron chi connectivity index (χ0n) is 10.3. The first-order valence-corrected chi connectivity index (χ1v) is 6.42. The minimum atomic E-state index is -0.141. The van der Waals surface area contributed by atoms with Crippen molar-refractivity contribution >= 4 is 17.4 Å². The van der Waals surface area contributed by atoms with Crippen molar-refractivity contribution in [3.8, 4) is 0 Å². The number of carbonyl (C=O) groups excluding carboxylic acids is 1. The van der Waals surface area contributed by atoms with Crippen LogP contribution in [0.4, 0.5) is 11.5 Å². The number of pyridine rings is 1. The number of carbonyl (C=O) groups is 1. The molecule has 1 N–H and O–H groups in total. The van der Waals surface area contributed by atoms with E-state index in [0.29, 0.717) is 0 Å². The predicted octanol–water partition coefficient (Wildman–Crippen LogP) is 1.97. The number of hydrogen-bond acceptors (Lipinski definition) is 3. The van der Waals surface area contributed by atoms with Crippen molar-refractivity contribution in [3.05, 3.63) is 53.7 Å². The monoisotopic (exact) mass is 251 g/mol. The summed E-state index contributed by atoms with van der Waals surface area (Å²) in [6, 6.07) is 11.9. The van der Waals surface area contributed by atoms with E-state index in [4.69, 9.17) is 0 Å². The van der Waals surface area contributed by atoms with Gasteiger partial charge >= 0.3 is 0 Å². The zero-order valence-corrected chi connectivity index (χ0v) is 10.3. The van der Waals surface area contributed by atoms with Gasteiger partial charge in [-0.15, -0.1) is 0 Å². The Bertz CT molecular complexity index is 668. The largest absolute Gasteiger partial charge is 0.338 e. The van der Waals surface area contributed by atoms with Gasteiger partial charge < -0.3 is 10.2 Å². The Morgan fingerprint density at radius 2 is 2.00 bits per heavy atom. The summed E-state index contributed by atoms with van der Waals surface area (Å²) in [4.78, 5) is 18.8. The van der Waals surface area contributed by atoms with E-state index in [9.17, 15) is 4.79 Å². The van der Waals surface area contributed by atoms with Gasteiger partial charge in [0, 0.05) is 19.2 Å². The summed E-state index contributed by atoms with van der Waals surface area (Å²) in [6.07, 6.45) is 2.52. The number of anilines is 2. The van der Waals surface area contributed by atoms with Crippen LogP contribution in [0.3, 0.4) is 0 Å². The summed E-state index contributed by atoms with van der Waals surface area (Å²) in [5.41, 5.74) is 3.35. The van der Waals surface area contributed by atoms with Crippen LogP contribution in [0.1, 0.15) is 11.1 Å². The van der Waals surface area contributed by atoms with Gasteiger partial charge in [-0.1, -0.05) is 24.3 Å². The SMILES string of the molecule is O=C1Nc2cccnc2N2Cc3ccccc3CC12. The lowest BCUT2D eigenvalue weighted by Gasteiger charge is -2.40. The van der Waals surface area contributed by atoms with Gasteiger partial charge in [0.05, 0.1) is 5.69 Å². The molecule has 94 valence electrons. The summed E-state index contributed by atoms with van der Waals surface area (Å²) in [7, 11) is 0. The van der Waals surface area contributed by atoms with Crippen LogP contribution in [0.2, 0.25) is 0 Å². The summed E-state index contributed by atoms with van der Waals surface area (Å²) in [6.45, 7) is 0.748. The second-order valence-corrected chi connectivity index (χ2v) is 4.98. The van der Waals surface area contributed by atoms with Crippen molar-refractivity contribution in [1.82, 2.24) is 4.98 Å². The molecule has 0 saturated carbocycles. The Morgan fingerprint density at radius 3 is 2.89 bits per heavy atom. The lowest BCUT2D eigenvalue weighted by atomic mass is 9.92. The van der Waals surface area contributed by atoms with Crippen molar-refractivity contribution in [2.45, 2.75) is 19.0 Å². The molecule has 1 unspecified atom stereocenters. The molecule has 4 nitrogen and oxygen atoms in total. The first kappa shape index (κ1) is 10.6. The highest BCUT2D eigenvalue weighted by Crippen LogP contribution is 2.35. The van der Waals surface area contributed by atoms with E-state index >= 15 is 0 Å². The van der Waals surface area contributed by atoms with Crippen molar-refractivity contribution in [2.75, 3.05) is 10.2 Å². The van der Waals surface area contributed by atoms with E-state index in [1.54, 1.807) is 6.20 Å². The third kappa shape index (κ3) is 1.53. The quantitative estimate of drug-likeness (QED) is 0.778. The fourth-order valence-corrected chi connectivity index (χ4v) is 2.92. The lowest BCUT2D eigenvalue weighted by molar-refractivity contribution is -0.117. The second kappa shape index (κ2) is 3.82. The number of amides is 1. The van der Waals surface area contributed by atoms with Gasteiger partial charge in [0.2, 0.25) is 5.91 Å². The maximum Gasteiger partial charge on any atom is 0.247 e. The predicted molar refractivity (Wildman–Crippen MR) is 73.0 cm³/mol.